The number of hydrogen-bond acceptors (Lipinski definition) is 7. The van der Waals surface area contributed by atoms with Crippen LogP contribution in [0, 0.1) is 0 Å². The molecule has 0 fully saturated rings. The minimum absolute atomic E-state index is 0.0825. The average Bonchev–Trinajstić information content (AvgIpc) is 3.09. The fourth-order valence-electron chi connectivity index (χ4n) is 5.88. The molecule has 0 aromatic carbocycles. The summed E-state index contributed by atoms with van der Waals surface area (Å²) in [6.45, 7) is 4.58. The second-order valence-corrected chi connectivity index (χ2v) is 14.0. The molecule has 0 heterocycles. The highest BCUT2D eigenvalue weighted by atomic mass is 16.6. The third-order valence-electron chi connectivity index (χ3n) is 9.10. The number of aliphatic hydroxyl groups excluding tert-OH is 3. The van der Waals surface area contributed by atoms with Gasteiger partial charge in [-0.1, -0.05) is 128 Å². The molecule has 0 amide bonds. The van der Waals surface area contributed by atoms with Crippen molar-refractivity contribution < 1.29 is 34.4 Å². The summed E-state index contributed by atoms with van der Waals surface area (Å²) in [7, 11) is 0. The predicted octanol–water partition coefficient (Wildman–Crippen LogP) is 10.6. The van der Waals surface area contributed by atoms with Gasteiger partial charge in [-0.3, -0.25) is 9.59 Å². The van der Waals surface area contributed by atoms with Crippen molar-refractivity contribution >= 4 is 11.9 Å². The van der Waals surface area contributed by atoms with Crippen LogP contribution in [0.4, 0.5) is 0 Å². The van der Waals surface area contributed by atoms with Crippen molar-refractivity contribution in [3.05, 3.63) is 24.3 Å². The van der Waals surface area contributed by atoms with Crippen LogP contribution >= 0.6 is 0 Å². The summed E-state index contributed by atoms with van der Waals surface area (Å²) in [5.41, 5.74) is 0. The number of esters is 2. The molecule has 0 rings (SSSR count). The topological polar surface area (TPSA) is 113 Å². The van der Waals surface area contributed by atoms with E-state index >= 15 is 0 Å². The molecule has 0 bridgehead atoms. The van der Waals surface area contributed by atoms with Gasteiger partial charge in [0.25, 0.3) is 0 Å². The maximum Gasteiger partial charge on any atom is 0.306 e. The molecule has 0 aromatic rings. The molecular formula is C42H78O7. The van der Waals surface area contributed by atoms with Crippen molar-refractivity contribution in [1.29, 1.82) is 0 Å². The molecule has 288 valence electrons. The Morgan fingerprint density at radius 3 is 1.49 bits per heavy atom. The van der Waals surface area contributed by atoms with E-state index in [2.05, 4.69) is 38.2 Å². The van der Waals surface area contributed by atoms with E-state index in [1.54, 1.807) is 0 Å². The number of rotatable bonds is 37. The third kappa shape index (κ3) is 35.9. The summed E-state index contributed by atoms with van der Waals surface area (Å²) in [6, 6.07) is 0. The number of carbonyl (C=O) groups excluding carboxylic acids is 2. The molecule has 0 saturated carbocycles. The molecule has 7 heteroatoms. The van der Waals surface area contributed by atoms with Crippen LogP contribution in [0.1, 0.15) is 200 Å². The molecule has 0 radical (unpaired) electrons. The zero-order valence-corrected chi connectivity index (χ0v) is 31.9. The highest BCUT2D eigenvalue weighted by molar-refractivity contribution is 5.70. The Kier molecular flexibility index (Phi) is 36.2. The standard InChI is InChI=1S/C42H78O7/c1-3-5-7-21-29-38(44)31-23-17-13-9-11-15-19-25-34-41(46)48-37-40(33-27-28-36-43)49-42(47)35-26-20-16-12-10-14-18-24-32-39(45)30-22-8-6-4-2/h17-18,23-24,38-40,43-45H,3-16,19-22,25-37H2,1-2H3/t38-,39-,40?/m1/s1. The van der Waals surface area contributed by atoms with E-state index in [0.29, 0.717) is 32.1 Å². The largest absolute Gasteiger partial charge is 0.462 e. The van der Waals surface area contributed by atoms with Crippen LogP contribution in [-0.4, -0.2) is 58.8 Å². The Morgan fingerprint density at radius 1 is 0.531 bits per heavy atom. The molecule has 3 N–H and O–H groups in total. The van der Waals surface area contributed by atoms with Gasteiger partial charge in [-0.2, -0.15) is 0 Å². The minimum atomic E-state index is -0.458. The van der Waals surface area contributed by atoms with Gasteiger partial charge < -0.3 is 24.8 Å². The van der Waals surface area contributed by atoms with Gasteiger partial charge in [0.1, 0.15) is 12.7 Å². The molecule has 0 aliphatic carbocycles. The molecule has 0 aliphatic rings. The molecule has 3 atom stereocenters. The van der Waals surface area contributed by atoms with Gasteiger partial charge in [-0.15, -0.1) is 0 Å². The molecular weight excluding hydrogens is 616 g/mol. The molecule has 0 spiro atoms. The number of ether oxygens (including phenoxy) is 2. The van der Waals surface area contributed by atoms with E-state index in [1.165, 1.54) is 38.5 Å². The van der Waals surface area contributed by atoms with Crippen molar-refractivity contribution in [2.75, 3.05) is 13.2 Å². The molecule has 7 nitrogen and oxygen atoms in total. The summed E-state index contributed by atoms with van der Waals surface area (Å²) >= 11 is 0. The number of unbranched alkanes of at least 4 members (excludes halogenated alkanes) is 17. The zero-order valence-electron chi connectivity index (χ0n) is 31.9. The normalized spacial score (nSPS) is 13.7. The van der Waals surface area contributed by atoms with E-state index < -0.39 is 6.10 Å². The fourth-order valence-corrected chi connectivity index (χ4v) is 5.88. The summed E-state index contributed by atoms with van der Waals surface area (Å²) < 4.78 is 11.1. The third-order valence-corrected chi connectivity index (χ3v) is 9.10. The van der Waals surface area contributed by atoms with E-state index in [0.717, 1.165) is 116 Å². The molecule has 49 heavy (non-hydrogen) atoms. The van der Waals surface area contributed by atoms with E-state index in [-0.39, 0.29) is 37.4 Å². The lowest BCUT2D eigenvalue weighted by molar-refractivity contribution is -0.159. The summed E-state index contributed by atoms with van der Waals surface area (Å²) in [5.74, 6) is -0.484. The number of allylic oxidation sites excluding steroid dienone is 2. The summed E-state index contributed by atoms with van der Waals surface area (Å²) in [4.78, 5) is 24.8. The van der Waals surface area contributed by atoms with Gasteiger partial charge in [0.2, 0.25) is 0 Å². The van der Waals surface area contributed by atoms with Gasteiger partial charge in [0.05, 0.1) is 12.2 Å². The lowest BCUT2D eigenvalue weighted by atomic mass is 10.1. The Bertz CT molecular complexity index is 781. The molecule has 1 unspecified atom stereocenters. The highest BCUT2D eigenvalue weighted by Crippen LogP contribution is 2.14. The average molecular weight is 695 g/mol. The minimum Gasteiger partial charge on any atom is -0.462 e. The van der Waals surface area contributed by atoms with Crippen LogP contribution < -0.4 is 0 Å². The Balaban J connectivity index is 3.94. The first-order chi connectivity index (χ1) is 23.9. The van der Waals surface area contributed by atoms with Gasteiger partial charge in [0, 0.05) is 19.4 Å². The van der Waals surface area contributed by atoms with Crippen molar-refractivity contribution in [1.82, 2.24) is 0 Å². The van der Waals surface area contributed by atoms with Gasteiger partial charge in [-0.25, -0.2) is 0 Å². The van der Waals surface area contributed by atoms with Crippen LogP contribution in [0.5, 0.6) is 0 Å². The number of aliphatic hydroxyl groups is 3. The lowest BCUT2D eigenvalue weighted by Crippen LogP contribution is -2.25. The number of hydrogen-bond donors (Lipinski definition) is 3. The number of carbonyl (C=O) groups is 2. The van der Waals surface area contributed by atoms with Crippen molar-refractivity contribution in [2.45, 2.75) is 218 Å². The molecule has 0 aliphatic heterocycles. The summed E-state index contributed by atoms with van der Waals surface area (Å²) in [5, 5.41) is 29.2. The highest BCUT2D eigenvalue weighted by Gasteiger charge is 2.17. The molecule has 0 aromatic heterocycles. The van der Waals surface area contributed by atoms with Gasteiger partial charge >= 0.3 is 11.9 Å². The Labute approximate surface area is 301 Å². The van der Waals surface area contributed by atoms with Gasteiger partial charge in [-0.05, 0) is 83.5 Å². The zero-order chi connectivity index (χ0) is 36.0. The SMILES string of the molecule is CCCCCC[C@@H](O)CC=CCCCCCCCC(=O)OCC(CCCCO)OC(=O)CCCCCCCC=CC[C@H](O)CCCCCC. The second kappa shape index (κ2) is 37.6. The summed E-state index contributed by atoms with van der Waals surface area (Å²) in [6.07, 6.45) is 35.6. The monoisotopic (exact) mass is 695 g/mol. The molecule has 0 saturated heterocycles. The van der Waals surface area contributed by atoms with E-state index in [4.69, 9.17) is 14.6 Å². The van der Waals surface area contributed by atoms with Crippen molar-refractivity contribution in [3.8, 4) is 0 Å². The first-order valence-electron chi connectivity index (χ1n) is 20.5. The van der Waals surface area contributed by atoms with Crippen molar-refractivity contribution in [3.63, 3.8) is 0 Å². The first-order valence-corrected chi connectivity index (χ1v) is 20.5. The first kappa shape index (κ1) is 47.3. The van der Waals surface area contributed by atoms with Crippen LogP contribution in [0.3, 0.4) is 0 Å². The van der Waals surface area contributed by atoms with Crippen LogP contribution in [0.25, 0.3) is 0 Å². The van der Waals surface area contributed by atoms with E-state index in [9.17, 15) is 19.8 Å². The lowest BCUT2D eigenvalue weighted by Gasteiger charge is -2.18. The van der Waals surface area contributed by atoms with E-state index in [1.807, 2.05) is 0 Å². The fraction of sp³-hybridized carbons (Fsp3) is 0.857. The van der Waals surface area contributed by atoms with Crippen LogP contribution in [0.2, 0.25) is 0 Å². The quantitative estimate of drug-likeness (QED) is 0.0337. The van der Waals surface area contributed by atoms with Crippen molar-refractivity contribution in [2.24, 2.45) is 0 Å². The predicted molar refractivity (Wildman–Crippen MR) is 203 cm³/mol. The van der Waals surface area contributed by atoms with Crippen LogP contribution in [0.15, 0.2) is 24.3 Å². The van der Waals surface area contributed by atoms with Crippen LogP contribution in [-0.2, 0) is 19.1 Å². The Morgan fingerprint density at radius 2 is 0.980 bits per heavy atom. The maximum absolute atomic E-state index is 12.5. The maximum atomic E-state index is 12.5. The smallest absolute Gasteiger partial charge is 0.306 e. The Hall–Kier alpha value is -1.70. The second-order valence-electron chi connectivity index (χ2n) is 14.0. The van der Waals surface area contributed by atoms with Gasteiger partial charge in [0.15, 0.2) is 0 Å².